The lowest BCUT2D eigenvalue weighted by atomic mass is 9.91. The summed E-state index contributed by atoms with van der Waals surface area (Å²) in [6.45, 7) is -0.497. The summed E-state index contributed by atoms with van der Waals surface area (Å²) < 4.78 is 44.5. The van der Waals surface area contributed by atoms with Gasteiger partial charge in [0.15, 0.2) is 5.75 Å². The van der Waals surface area contributed by atoms with Crippen LogP contribution in [0.15, 0.2) is 36.5 Å². The molecule has 2 rings (SSSR count). The van der Waals surface area contributed by atoms with Crippen LogP contribution in [0.2, 0.25) is 0 Å². The quantitative estimate of drug-likeness (QED) is 0.680. The number of benzene rings is 1. The molecule has 1 aromatic carbocycles. The lowest BCUT2D eigenvalue weighted by molar-refractivity contribution is -0.142. The molecule has 0 aliphatic rings. The van der Waals surface area contributed by atoms with Gasteiger partial charge in [0, 0.05) is 20.0 Å². The minimum atomic E-state index is -4.82. The van der Waals surface area contributed by atoms with Crippen molar-refractivity contribution in [1.29, 1.82) is 0 Å². The van der Waals surface area contributed by atoms with E-state index in [0.29, 0.717) is 5.56 Å². The molecule has 3 N–H and O–H groups in total. The highest BCUT2D eigenvalue weighted by molar-refractivity contribution is 5.87. The summed E-state index contributed by atoms with van der Waals surface area (Å²) in [5, 5.41) is 17.5. The summed E-state index contributed by atoms with van der Waals surface area (Å²) in [6.07, 6.45) is -5.23. The molecular formula is C17H19F3N4O4. The molecule has 0 aliphatic heterocycles. The lowest BCUT2D eigenvalue weighted by Crippen LogP contribution is -2.51. The molecule has 0 radical (unpaired) electrons. The molecule has 8 nitrogen and oxygen atoms in total. The maximum atomic E-state index is 13.0. The Labute approximate surface area is 158 Å². The Hall–Kier alpha value is -3.08. The molecule has 0 spiro atoms. The molecule has 1 aromatic heterocycles. The van der Waals surface area contributed by atoms with E-state index < -0.39 is 48.2 Å². The topological polar surface area (TPSA) is 105 Å². The molecule has 0 fully saturated rings. The molecule has 2 aromatic rings. The van der Waals surface area contributed by atoms with Gasteiger partial charge in [-0.3, -0.25) is 9.48 Å². The number of halogens is 3. The molecule has 11 heteroatoms. The zero-order valence-corrected chi connectivity index (χ0v) is 15.0. The standard InChI is InChI=1S/C17H19F3N4O4/c1-21-15(26)13(11(9-25)10-6-4-3-5-7-10)22-16(27)28-12-8-24(2)23-14(12)17(18,19)20/h3-8,11,13,25H,9H2,1-2H3,(H,21,26)(H,22,27). The highest BCUT2D eigenvalue weighted by Crippen LogP contribution is 2.34. The largest absolute Gasteiger partial charge is 0.438 e. The molecule has 0 aliphatic carbocycles. The number of aliphatic hydroxyl groups is 1. The van der Waals surface area contributed by atoms with Crippen molar-refractivity contribution in [2.24, 2.45) is 7.05 Å². The monoisotopic (exact) mass is 400 g/mol. The van der Waals surface area contributed by atoms with Gasteiger partial charge in [-0.1, -0.05) is 30.3 Å². The number of nitrogens with zero attached hydrogens (tertiary/aromatic N) is 2. The van der Waals surface area contributed by atoms with Crippen molar-refractivity contribution in [3.05, 3.63) is 47.8 Å². The predicted octanol–water partition coefficient (Wildman–Crippen LogP) is 1.42. The van der Waals surface area contributed by atoms with Crippen molar-refractivity contribution in [3.8, 4) is 5.75 Å². The summed E-state index contributed by atoms with van der Waals surface area (Å²) in [5.41, 5.74) is -0.820. The zero-order chi connectivity index (χ0) is 20.9. The number of carbonyl (C=O) groups is 2. The molecular weight excluding hydrogens is 381 g/mol. The van der Waals surface area contributed by atoms with E-state index >= 15 is 0 Å². The van der Waals surface area contributed by atoms with Crippen molar-refractivity contribution in [1.82, 2.24) is 20.4 Å². The number of amides is 2. The minimum Gasteiger partial charge on any atom is -0.406 e. The van der Waals surface area contributed by atoms with Gasteiger partial charge in [0.25, 0.3) is 0 Å². The van der Waals surface area contributed by atoms with Crippen molar-refractivity contribution < 1.29 is 32.6 Å². The molecule has 0 saturated heterocycles. The number of rotatable bonds is 6. The second-order valence-corrected chi connectivity index (χ2v) is 5.84. The van der Waals surface area contributed by atoms with E-state index in [4.69, 9.17) is 4.74 Å². The van der Waals surface area contributed by atoms with Crippen LogP contribution < -0.4 is 15.4 Å². The van der Waals surface area contributed by atoms with Gasteiger partial charge in [-0.25, -0.2) is 4.79 Å². The van der Waals surface area contributed by atoms with Crippen LogP contribution in [0.25, 0.3) is 0 Å². The van der Waals surface area contributed by atoms with Gasteiger partial charge in [0.05, 0.1) is 12.8 Å². The Bertz CT molecular complexity index is 824. The van der Waals surface area contributed by atoms with Crippen LogP contribution in [0.5, 0.6) is 5.75 Å². The van der Waals surface area contributed by atoms with Gasteiger partial charge in [-0.05, 0) is 5.56 Å². The Morgan fingerprint density at radius 3 is 2.46 bits per heavy atom. The number of nitrogens with one attached hydrogen (secondary N) is 2. The third-order valence-electron chi connectivity index (χ3n) is 3.90. The van der Waals surface area contributed by atoms with E-state index in [2.05, 4.69) is 15.7 Å². The molecule has 2 unspecified atom stereocenters. The van der Waals surface area contributed by atoms with Crippen molar-refractivity contribution in [2.75, 3.05) is 13.7 Å². The molecule has 152 valence electrons. The van der Waals surface area contributed by atoms with E-state index in [9.17, 15) is 27.9 Å². The SMILES string of the molecule is CNC(=O)C(NC(=O)Oc1cn(C)nc1C(F)(F)F)C(CO)c1ccccc1. The van der Waals surface area contributed by atoms with E-state index in [-0.39, 0.29) is 0 Å². The fourth-order valence-corrected chi connectivity index (χ4v) is 2.60. The molecule has 28 heavy (non-hydrogen) atoms. The second-order valence-electron chi connectivity index (χ2n) is 5.84. The highest BCUT2D eigenvalue weighted by atomic mass is 19.4. The fraction of sp³-hybridized carbons (Fsp3) is 0.353. The van der Waals surface area contributed by atoms with Crippen LogP contribution in [0.3, 0.4) is 0 Å². The first kappa shape index (κ1) is 21.2. The van der Waals surface area contributed by atoms with Crippen LogP contribution in [0.1, 0.15) is 17.2 Å². The Balaban J connectivity index is 2.24. The van der Waals surface area contributed by atoms with E-state index in [1.165, 1.54) is 14.1 Å². The third kappa shape index (κ3) is 5.00. The second kappa shape index (κ2) is 8.74. The normalized spacial score (nSPS) is 13.5. The first-order valence-corrected chi connectivity index (χ1v) is 8.14. The average molecular weight is 400 g/mol. The first-order valence-electron chi connectivity index (χ1n) is 8.14. The maximum Gasteiger partial charge on any atom is 0.438 e. The van der Waals surface area contributed by atoms with Gasteiger partial charge < -0.3 is 20.5 Å². The number of alkyl halides is 3. The van der Waals surface area contributed by atoms with Crippen LogP contribution >= 0.6 is 0 Å². The van der Waals surface area contributed by atoms with E-state index in [0.717, 1.165) is 10.9 Å². The summed E-state index contributed by atoms with van der Waals surface area (Å²) in [6, 6.07) is 7.11. The number of likely N-dealkylation sites (N-methyl/N-ethyl adjacent to an activating group) is 1. The van der Waals surface area contributed by atoms with Crippen LogP contribution in [0.4, 0.5) is 18.0 Å². The van der Waals surface area contributed by atoms with E-state index in [1.807, 2.05) is 0 Å². The summed E-state index contributed by atoms with van der Waals surface area (Å²) >= 11 is 0. The van der Waals surface area contributed by atoms with Gasteiger partial charge in [0.1, 0.15) is 6.04 Å². The summed E-state index contributed by atoms with van der Waals surface area (Å²) in [5.74, 6) is -2.30. The zero-order valence-electron chi connectivity index (χ0n) is 15.0. The molecule has 0 bridgehead atoms. The fourth-order valence-electron chi connectivity index (χ4n) is 2.60. The van der Waals surface area contributed by atoms with E-state index in [1.54, 1.807) is 30.3 Å². The Morgan fingerprint density at radius 1 is 1.29 bits per heavy atom. The summed E-state index contributed by atoms with van der Waals surface area (Å²) in [4.78, 5) is 24.4. The minimum absolute atomic E-state index is 0.497. The highest BCUT2D eigenvalue weighted by Gasteiger charge is 2.39. The number of hydrogen-bond donors (Lipinski definition) is 3. The van der Waals surface area contributed by atoms with Crippen molar-refractivity contribution >= 4 is 12.0 Å². The average Bonchev–Trinajstić information content (AvgIpc) is 3.02. The predicted molar refractivity (Wildman–Crippen MR) is 91.5 cm³/mol. The van der Waals surface area contributed by atoms with Gasteiger partial charge >= 0.3 is 12.3 Å². The first-order chi connectivity index (χ1) is 13.2. The Kier molecular flexibility index (Phi) is 6.62. The molecule has 2 atom stereocenters. The number of aliphatic hydroxyl groups excluding tert-OH is 1. The number of carbonyl (C=O) groups excluding carboxylic acids is 2. The van der Waals surface area contributed by atoms with Crippen molar-refractivity contribution in [2.45, 2.75) is 18.1 Å². The van der Waals surface area contributed by atoms with Crippen LogP contribution in [0, 0.1) is 0 Å². The summed E-state index contributed by atoms with van der Waals surface area (Å²) in [7, 11) is 2.56. The van der Waals surface area contributed by atoms with Crippen molar-refractivity contribution in [3.63, 3.8) is 0 Å². The van der Waals surface area contributed by atoms with Crippen LogP contribution in [-0.2, 0) is 18.0 Å². The maximum absolute atomic E-state index is 13.0. The smallest absolute Gasteiger partial charge is 0.406 e. The van der Waals surface area contributed by atoms with Gasteiger partial charge in [-0.15, -0.1) is 0 Å². The number of ether oxygens (including phenoxy) is 1. The number of aromatic nitrogens is 2. The van der Waals surface area contributed by atoms with Crippen LogP contribution in [-0.4, -0.2) is 46.6 Å². The Morgan fingerprint density at radius 2 is 1.93 bits per heavy atom. The molecule has 1 heterocycles. The third-order valence-corrected chi connectivity index (χ3v) is 3.90. The molecule has 2 amide bonds. The lowest BCUT2D eigenvalue weighted by Gasteiger charge is -2.25. The van der Waals surface area contributed by atoms with Gasteiger partial charge in [0.2, 0.25) is 11.6 Å². The van der Waals surface area contributed by atoms with Gasteiger partial charge in [-0.2, -0.15) is 18.3 Å². The number of aryl methyl sites for hydroxylation is 1. The molecule has 0 saturated carbocycles. The number of hydrogen-bond acceptors (Lipinski definition) is 5.